The predicted octanol–water partition coefficient (Wildman–Crippen LogP) is 6.64. The van der Waals surface area contributed by atoms with Gasteiger partial charge >= 0.3 is 0 Å². The van der Waals surface area contributed by atoms with Crippen LogP contribution in [0.2, 0.25) is 0 Å². The normalized spacial score (nSPS) is 25.7. The molecule has 0 saturated heterocycles. The maximum Gasteiger partial charge on any atom is 0.0636 e. The van der Waals surface area contributed by atoms with Gasteiger partial charge in [0.25, 0.3) is 0 Å². The molecule has 8 N–H and O–H groups in total. The highest BCUT2D eigenvalue weighted by Gasteiger charge is 2.52. The average Bonchev–Trinajstić information content (AvgIpc) is 3.30. The lowest BCUT2D eigenvalue weighted by Gasteiger charge is -2.48. The second kappa shape index (κ2) is 22.3. The molecule has 0 unspecified atom stereocenters. The lowest BCUT2D eigenvalue weighted by atomic mass is 9.61. The van der Waals surface area contributed by atoms with E-state index in [9.17, 15) is 0 Å². The summed E-state index contributed by atoms with van der Waals surface area (Å²) in [5.74, 6) is 2.45. The van der Waals surface area contributed by atoms with Crippen LogP contribution < -0.4 is 22.9 Å². The quantitative estimate of drug-likeness (QED) is 0.0765. The second-order valence-electron chi connectivity index (χ2n) is 14.6. The zero-order chi connectivity index (χ0) is 32.3. The summed E-state index contributed by atoms with van der Waals surface area (Å²) in [6.07, 6.45) is 14.9. The number of nitrogens with two attached hydrogens (primary N) is 4. The van der Waals surface area contributed by atoms with Crippen LogP contribution >= 0.6 is 0 Å². The predicted molar refractivity (Wildman–Crippen MR) is 184 cm³/mol. The van der Waals surface area contributed by atoms with E-state index in [0.29, 0.717) is 43.3 Å². The minimum Gasteiger partial charge on any atom is -0.378 e. The third-order valence-electron chi connectivity index (χ3n) is 11.5. The highest BCUT2D eigenvalue weighted by atomic mass is 16.5. The van der Waals surface area contributed by atoms with E-state index in [2.05, 4.69) is 48.5 Å². The maximum absolute atomic E-state index is 6.92. The average molecular weight is 613 g/mol. The van der Waals surface area contributed by atoms with E-state index < -0.39 is 0 Å². The van der Waals surface area contributed by atoms with Crippen molar-refractivity contribution in [1.82, 2.24) is 0 Å². The molecule has 0 bridgehead atoms. The first-order valence-corrected chi connectivity index (χ1v) is 18.2. The van der Waals surface area contributed by atoms with E-state index in [-0.39, 0.29) is 29.1 Å². The second-order valence-corrected chi connectivity index (χ2v) is 14.6. The first kappa shape index (κ1) is 40.7. The monoisotopic (exact) mass is 613 g/mol. The number of rotatable bonds is 27. The van der Waals surface area contributed by atoms with Crippen LogP contribution in [0.3, 0.4) is 0 Å². The molecule has 0 aromatic carbocycles. The Morgan fingerprint density at radius 2 is 1.33 bits per heavy atom. The van der Waals surface area contributed by atoms with Crippen LogP contribution in [-0.2, 0) is 14.2 Å². The van der Waals surface area contributed by atoms with Gasteiger partial charge in [0, 0.05) is 19.8 Å². The van der Waals surface area contributed by atoms with Crippen LogP contribution in [0, 0.1) is 34.5 Å². The van der Waals surface area contributed by atoms with Crippen molar-refractivity contribution in [3.8, 4) is 0 Å². The van der Waals surface area contributed by atoms with Crippen molar-refractivity contribution in [3.63, 3.8) is 0 Å². The topological polar surface area (TPSA) is 132 Å². The first-order valence-electron chi connectivity index (χ1n) is 18.2. The largest absolute Gasteiger partial charge is 0.378 e. The maximum atomic E-state index is 6.92. The van der Waals surface area contributed by atoms with Crippen LogP contribution in [-0.4, -0.2) is 64.3 Å². The van der Waals surface area contributed by atoms with Crippen LogP contribution in [0.4, 0.5) is 0 Å². The molecule has 0 aromatic heterocycles. The summed E-state index contributed by atoms with van der Waals surface area (Å²) in [5, 5.41) is 0. The lowest BCUT2D eigenvalue weighted by molar-refractivity contribution is -0.100. The summed E-state index contributed by atoms with van der Waals surface area (Å²) < 4.78 is 19.3. The number of hydrogen-bond acceptors (Lipinski definition) is 7. The molecule has 1 fully saturated rings. The van der Waals surface area contributed by atoms with Crippen LogP contribution in [0.15, 0.2) is 0 Å². The molecule has 7 nitrogen and oxygen atoms in total. The van der Waals surface area contributed by atoms with Gasteiger partial charge in [-0.1, -0.05) is 41.5 Å². The molecule has 1 aliphatic carbocycles. The lowest BCUT2D eigenvalue weighted by Crippen LogP contribution is -2.46. The molecule has 0 heterocycles. The SMILES string of the molecule is CC[C@@H](CC[C@@](C)(CC[C@H](C)OCCCN)[C@H](C)C[C@H](OCCCN)[C@@]1(C)[C@H](C)CC[C@@H]1[C@H](C)CCCN)OCCCN. The van der Waals surface area contributed by atoms with E-state index in [1.165, 1.54) is 19.3 Å². The minimum absolute atomic E-state index is 0.147. The standard InChI is InChI=1S/C36H76N4O3/c1-8-32(42-25-11-22-39)17-19-35(6,18-16-31(5)41-24-10-21-38)30(4)27-34(43-26-12-23-40)36(7)29(3)14-15-33(36)28(2)13-9-20-37/h28-34H,8-27,37-40H2,1-7H3/t28-,29-,30-,31+,32+,33-,34+,35-,36+/m1/s1. The van der Waals surface area contributed by atoms with E-state index in [4.69, 9.17) is 37.1 Å². The van der Waals surface area contributed by atoms with E-state index in [1.54, 1.807) is 0 Å². The van der Waals surface area contributed by atoms with Gasteiger partial charge in [-0.15, -0.1) is 0 Å². The highest BCUT2D eigenvalue weighted by Crippen LogP contribution is 2.56. The van der Waals surface area contributed by atoms with Gasteiger partial charge in [-0.2, -0.15) is 0 Å². The van der Waals surface area contributed by atoms with Gasteiger partial charge in [0.05, 0.1) is 18.3 Å². The molecule has 0 spiro atoms. The van der Waals surface area contributed by atoms with Gasteiger partial charge in [0.2, 0.25) is 0 Å². The van der Waals surface area contributed by atoms with Gasteiger partial charge in [-0.25, -0.2) is 0 Å². The Morgan fingerprint density at radius 1 is 0.767 bits per heavy atom. The van der Waals surface area contributed by atoms with Crippen molar-refractivity contribution in [2.75, 3.05) is 46.0 Å². The van der Waals surface area contributed by atoms with Gasteiger partial charge in [0.15, 0.2) is 0 Å². The fraction of sp³-hybridized carbons (Fsp3) is 1.00. The Labute approximate surface area is 267 Å². The molecule has 0 aromatic rings. The van der Waals surface area contributed by atoms with Gasteiger partial charge in [0.1, 0.15) is 0 Å². The van der Waals surface area contributed by atoms with Gasteiger partial charge in [-0.05, 0) is 151 Å². The van der Waals surface area contributed by atoms with Crippen molar-refractivity contribution in [2.45, 2.75) is 150 Å². The fourth-order valence-electron chi connectivity index (χ4n) is 7.76. The molecule has 1 aliphatic rings. The van der Waals surface area contributed by atoms with E-state index in [0.717, 1.165) is 90.6 Å². The molecule has 7 heteroatoms. The van der Waals surface area contributed by atoms with Gasteiger partial charge in [-0.3, -0.25) is 0 Å². The Morgan fingerprint density at radius 3 is 1.91 bits per heavy atom. The van der Waals surface area contributed by atoms with E-state index >= 15 is 0 Å². The third-order valence-corrected chi connectivity index (χ3v) is 11.5. The Balaban J connectivity index is 3.23. The van der Waals surface area contributed by atoms with Crippen LogP contribution in [0.1, 0.15) is 132 Å². The third kappa shape index (κ3) is 13.5. The molecule has 0 aliphatic heterocycles. The molecule has 43 heavy (non-hydrogen) atoms. The summed E-state index contributed by atoms with van der Waals surface area (Å²) >= 11 is 0. The zero-order valence-electron chi connectivity index (χ0n) is 29.7. The summed E-state index contributed by atoms with van der Waals surface area (Å²) in [6, 6.07) is 0. The summed E-state index contributed by atoms with van der Waals surface area (Å²) in [5.41, 5.74) is 23.6. The Bertz CT molecular complexity index is 685. The van der Waals surface area contributed by atoms with Crippen molar-refractivity contribution in [3.05, 3.63) is 0 Å². The van der Waals surface area contributed by atoms with E-state index in [1.807, 2.05) is 0 Å². The number of hydrogen-bond donors (Lipinski definition) is 4. The van der Waals surface area contributed by atoms with Crippen LogP contribution in [0.5, 0.6) is 0 Å². The first-order chi connectivity index (χ1) is 20.5. The smallest absolute Gasteiger partial charge is 0.0636 e. The molecule has 0 radical (unpaired) electrons. The fourth-order valence-corrected chi connectivity index (χ4v) is 7.76. The number of ether oxygens (including phenoxy) is 3. The molecular weight excluding hydrogens is 536 g/mol. The zero-order valence-corrected chi connectivity index (χ0v) is 29.7. The van der Waals surface area contributed by atoms with Crippen molar-refractivity contribution in [2.24, 2.45) is 57.4 Å². The summed E-state index contributed by atoms with van der Waals surface area (Å²) in [6.45, 7) is 22.0. The Hall–Kier alpha value is -0.280. The molecular formula is C36H76N4O3. The van der Waals surface area contributed by atoms with Gasteiger partial charge < -0.3 is 37.1 Å². The van der Waals surface area contributed by atoms with Crippen molar-refractivity contribution < 1.29 is 14.2 Å². The summed E-state index contributed by atoms with van der Waals surface area (Å²) in [7, 11) is 0. The van der Waals surface area contributed by atoms with Crippen molar-refractivity contribution in [1.29, 1.82) is 0 Å². The molecule has 258 valence electrons. The Kier molecular flexibility index (Phi) is 21.1. The molecule has 1 rings (SSSR count). The highest BCUT2D eigenvalue weighted by molar-refractivity contribution is 5.01. The molecule has 0 amide bonds. The molecule has 9 atom stereocenters. The summed E-state index contributed by atoms with van der Waals surface area (Å²) in [4.78, 5) is 0. The molecule has 1 saturated carbocycles. The van der Waals surface area contributed by atoms with Crippen molar-refractivity contribution >= 4 is 0 Å². The minimum atomic E-state index is 0.147. The van der Waals surface area contributed by atoms with Crippen LogP contribution in [0.25, 0.3) is 0 Å².